The quantitative estimate of drug-likeness (QED) is 0.238. The van der Waals surface area contributed by atoms with Gasteiger partial charge in [-0.05, 0) is 73.8 Å². The summed E-state index contributed by atoms with van der Waals surface area (Å²) in [6.45, 7) is 0. The second-order valence-corrected chi connectivity index (χ2v) is 10.5. The predicted octanol–water partition coefficient (Wildman–Crippen LogP) is 8.05. The van der Waals surface area contributed by atoms with E-state index in [0.29, 0.717) is 37.7 Å². The molecule has 10 heteroatoms. The number of allylic oxidation sites excluding steroid dienone is 1. The van der Waals surface area contributed by atoms with Gasteiger partial charge in [-0.15, -0.1) is 0 Å². The van der Waals surface area contributed by atoms with Crippen molar-refractivity contribution in [2.75, 3.05) is 0 Å². The minimum atomic E-state index is -1.56. The molecular weight excluding hydrogens is 550 g/mol. The van der Waals surface area contributed by atoms with E-state index in [1.54, 1.807) is 6.08 Å². The molecule has 0 radical (unpaired) electrons. The fourth-order valence-corrected chi connectivity index (χ4v) is 5.68. The van der Waals surface area contributed by atoms with Crippen molar-refractivity contribution in [3.8, 4) is 22.6 Å². The Hall–Kier alpha value is -3.95. The van der Waals surface area contributed by atoms with Crippen LogP contribution in [0.5, 0.6) is 11.5 Å². The van der Waals surface area contributed by atoms with Crippen LogP contribution in [0, 0.1) is 40.8 Å². The summed E-state index contributed by atoms with van der Waals surface area (Å²) in [5.41, 5.74) is -0.386. The summed E-state index contributed by atoms with van der Waals surface area (Å²) in [4.78, 5) is 12.8. The van der Waals surface area contributed by atoms with Crippen LogP contribution in [0.1, 0.15) is 62.0 Å². The molecule has 3 aromatic carbocycles. The molecule has 0 saturated heterocycles. The lowest BCUT2D eigenvalue weighted by Gasteiger charge is -2.30. The van der Waals surface area contributed by atoms with E-state index in [2.05, 4.69) is 0 Å². The first-order valence-electron chi connectivity index (χ1n) is 13.3. The largest absolute Gasteiger partial charge is 0.505 e. The first-order chi connectivity index (χ1) is 19.6. The Balaban J connectivity index is 1.20. The van der Waals surface area contributed by atoms with Crippen LogP contribution < -0.4 is 0 Å². The standard InChI is InChI=1S/C31H26F6O4/c32-25-19(9-10-21(27(25)34)22-12-14-24(39)30(37)28(22)35)16-5-7-18(8-6-16)41-31(40)17-3-1-15(2-4-17)20-11-13-23(38)29(36)26(20)33/h5,9-15,17-18,38-39H,1-4,6-8H2. The van der Waals surface area contributed by atoms with Gasteiger partial charge in [0.25, 0.3) is 0 Å². The van der Waals surface area contributed by atoms with E-state index < -0.39 is 75.5 Å². The first kappa shape index (κ1) is 28.6. The van der Waals surface area contributed by atoms with Crippen LogP contribution in [0.4, 0.5) is 26.3 Å². The fourth-order valence-electron chi connectivity index (χ4n) is 5.68. The third-order valence-electron chi connectivity index (χ3n) is 8.02. The molecule has 0 aromatic heterocycles. The molecule has 1 atom stereocenters. The number of esters is 1. The lowest BCUT2D eigenvalue weighted by Crippen LogP contribution is -2.28. The van der Waals surface area contributed by atoms with E-state index in [1.165, 1.54) is 12.1 Å². The van der Waals surface area contributed by atoms with Gasteiger partial charge in [0, 0.05) is 23.1 Å². The highest BCUT2D eigenvalue weighted by Crippen LogP contribution is 2.40. The molecule has 3 aromatic rings. The van der Waals surface area contributed by atoms with Crippen LogP contribution >= 0.6 is 0 Å². The Morgan fingerprint density at radius 2 is 1.20 bits per heavy atom. The Labute approximate surface area is 231 Å². The van der Waals surface area contributed by atoms with Gasteiger partial charge in [0.05, 0.1) is 5.92 Å². The normalized spacial score (nSPS) is 20.9. The van der Waals surface area contributed by atoms with Crippen molar-refractivity contribution in [3.63, 3.8) is 0 Å². The molecule has 1 fully saturated rings. The van der Waals surface area contributed by atoms with Crippen LogP contribution in [0.2, 0.25) is 0 Å². The molecule has 0 amide bonds. The monoisotopic (exact) mass is 576 g/mol. The molecular formula is C31H26F6O4. The van der Waals surface area contributed by atoms with Crippen molar-refractivity contribution >= 4 is 11.5 Å². The van der Waals surface area contributed by atoms with Crippen molar-refractivity contribution in [1.29, 1.82) is 0 Å². The summed E-state index contributed by atoms with van der Waals surface area (Å²) >= 11 is 0. The molecule has 0 spiro atoms. The molecule has 216 valence electrons. The van der Waals surface area contributed by atoms with Gasteiger partial charge in [0.1, 0.15) is 6.10 Å². The van der Waals surface area contributed by atoms with Crippen molar-refractivity contribution in [3.05, 3.63) is 88.5 Å². The van der Waals surface area contributed by atoms with Crippen LogP contribution in [-0.4, -0.2) is 22.3 Å². The highest BCUT2D eigenvalue weighted by molar-refractivity contribution is 5.74. The SMILES string of the molecule is O=C(OC1CC=C(c2ccc(-c3ccc(O)c(F)c3F)c(F)c2F)CC1)C1CCC(c2ccc(O)c(F)c2F)CC1. The molecule has 0 aliphatic heterocycles. The third kappa shape index (κ3) is 5.52. The maximum atomic E-state index is 15.0. The van der Waals surface area contributed by atoms with Gasteiger partial charge in [0.2, 0.25) is 11.6 Å². The Kier molecular flexibility index (Phi) is 8.02. The smallest absolute Gasteiger partial charge is 0.309 e. The minimum absolute atomic E-state index is 0.0353. The predicted molar refractivity (Wildman–Crippen MR) is 138 cm³/mol. The first-order valence-corrected chi connectivity index (χ1v) is 13.3. The molecule has 5 rings (SSSR count). The minimum Gasteiger partial charge on any atom is -0.505 e. The van der Waals surface area contributed by atoms with Crippen LogP contribution in [0.3, 0.4) is 0 Å². The lowest BCUT2D eigenvalue weighted by molar-refractivity contribution is -0.155. The number of rotatable bonds is 5. The van der Waals surface area contributed by atoms with E-state index in [4.69, 9.17) is 4.74 Å². The van der Waals surface area contributed by atoms with Gasteiger partial charge in [-0.25, -0.2) is 17.6 Å². The number of carbonyl (C=O) groups is 1. The summed E-state index contributed by atoms with van der Waals surface area (Å²) in [6, 6.07) is 6.71. The van der Waals surface area contributed by atoms with Gasteiger partial charge >= 0.3 is 5.97 Å². The van der Waals surface area contributed by atoms with Gasteiger partial charge in [-0.1, -0.05) is 24.3 Å². The van der Waals surface area contributed by atoms with Crippen molar-refractivity contribution in [2.24, 2.45) is 5.92 Å². The number of phenols is 2. The molecule has 4 nitrogen and oxygen atoms in total. The highest BCUT2D eigenvalue weighted by Gasteiger charge is 2.32. The lowest BCUT2D eigenvalue weighted by atomic mass is 9.78. The zero-order chi connectivity index (χ0) is 29.4. The van der Waals surface area contributed by atoms with Crippen LogP contribution in [0.25, 0.3) is 16.7 Å². The summed E-state index contributed by atoms with van der Waals surface area (Å²) in [7, 11) is 0. The Bertz CT molecular complexity index is 1530. The fraction of sp³-hybridized carbons (Fsp3) is 0.323. The summed E-state index contributed by atoms with van der Waals surface area (Å²) in [5, 5.41) is 18.6. The topological polar surface area (TPSA) is 66.8 Å². The zero-order valence-electron chi connectivity index (χ0n) is 21.7. The third-order valence-corrected chi connectivity index (χ3v) is 8.02. The van der Waals surface area contributed by atoms with E-state index >= 15 is 0 Å². The van der Waals surface area contributed by atoms with Crippen molar-refractivity contribution in [2.45, 2.75) is 57.0 Å². The van der Waals surface area contributed by atoms with Gasteiger partial charge in [0.15, 0.2) is 34.8 Å². The molecule has 41 heavy (non-hydrogen) atoms. The summed E-state index contributed by atoms with van der Waals surface area (Å²) in [6.07, 6.45) is 3.89. The summed E-state index contributed by atoms with van der Waals surface area (Å²) < 4.78 is 91.5. The van der Waals surface area contributed by atoms with E-state index in [0.717, 1.165) is 24.3 Å². The van der Waals surface area contributed by atoms with Crippen molar-refractivity contribution < 1.29 is 46.1 Å². The van der Waals surface area contributed by atoms with Gasteiger partial charge < -0.3 is 14.9 Å². The molecule has 0 heterocycles. The van der Waals surface area contributed by atoms with Crippen LogP contribution in [-0.2, 0) is 9.53 Å². The van der Waals surface area contributed by atoms with Gasteiger partial charge in [-0.3, -0.25) is 4.79 Å². The van der Waals surface area contributed by atoms with E-state index in [-0.39, 0.29) is 29.9 Å². The Morgan fingerprint density at radius 3 is 1.83 bits per heavy atom. The maximum absolute atomic E-state index is 15.0. The number of carbonyl (C=O) groups excluding carboxylic acids is 1. The maximum Gasteiger partial charge on any atom is 0.309 e. The average molecular weight is 577 g/mol. The molecule has 2 N–H and O–H groups in total. The molecule has 0 bridgehead atoms. The highest BCUT2D eigenvalue weighted by atomic mass is 19.2. The molecule has 2 aliphatic rings. The molecule has 1 saturated carbocycles. The number of aromatic hydroxyl groups is 2. The number of benzene rings is 3. The second-order valence-electron chi connectivity index (χ2n) is 10.5. The summed E-state index contributed by atoms with van der Waals surface area (Å²) in [5.74, 6) is -10.8. The number of ether oxygens (including phenoxy) is 1. The Morgan fingerprint density at radius 1 is 0.659 bits per heavy atom. The van der Waals surface area contributed by atoms with Crippen molar-refractivity contribution in [1.82, 2.24) is 0 Å². The molecule has 2 aliphatic carbocycles. The number of halogens is 6. The van der Waals surface area contributed by atoms with Gasteiger partial charge in [-0.2, -0.15) is 8.78 Å². The number of hydrogen-bond acceptors (Lipinski definition) is 4. The van der Waals surface area contributed by atoms with E-state index in [9.17, 15) is 41.4 Å². The van der Waals surface area contributed by atoms with E-state index in [1.807, 2.05) is 0 Å². The zero-order valence-corrected chi connectivity index (χ0v) is 21.7. The number of hydrogen-bond donors (Lipinski definition) is 2. The number of phenolic OH excluding ortho intramolecular Hbond substituents is 2. The average Bonchev–Trinajstić information content (AvgIpc) is 2.97. The molecule has 1 unspecified atom stereocenters. The van der Waals surface area contributed by atoms with Crippen LogP contribution in [0.15, 0.2) is 42.5 Å². The second kappa shape index (κ2) is 11.5.